The first kappa shape index (κ1) is 15.0. The summed E-state index contributed by atoms with van der Waals surface area (Å²) in [5, 5.41) is 8.55. The van der Waals surface area contributed by atoms with Crippen LogP contribution in [0.5, 0.6) is 5.75 Å². The molecule has 1 aromatic rings. The first-order chi connectivity index (χ1) is 8.63. The predicted octanol–water partition coefficient (Wildman–Crippen LogP) is 4.04. The van der Waals surface area contributed by atoms with Crippen LogP contribution in [0.4, 0.5) is 0 Å². The highest BCUT2D eigenvalue weighted by Crippen LogP contribution is 2.26. The van der Waals surface area contributed by atoms with Crippen molar-refractivity contribution >= 4 is 21.9 Å². The number of ether oxygens (including phenoxy) is 1. The van der Waals surface area contributed by atoms with Gasteiger partial charge in [0.2, 0.25) is 0 Å². The van der Waals surface area contributed by atoms with Gasteiger partial charge in [-0.15, -0.1) is 0 Å². The van der Waals surface area contributed by atoms with Gasteiger partial charge in [0.15, 0.2) is 0 Å². The van der Waals surface area contributed by atoms with Gasteiger partial charge in [-0.05, 0) is 59.3 Å². The molecule has 0 aliphatic heterocycles. The third kappa shape index (κ3) is 5.54. The number of benzene rings is 1. The molecule has 0 aliphatic carbocycles. The number of aliphatic carboxylic acids is 1. The Balaban J connectivity index is 2.43. The van der Waals surface area contributed by atoms with Crippen molar-refractivity contribution in [3.8, 4) is 5.75 Å². The van der Waals surface area contributed by atoms with Gasteiger partial charge in [0.05, 0.1) is 11.1 Å². The lowest BCUT2D eigenvalue weighted by molar-refractivity contribution is -0.137. The third-order valence-corrected chi connectivity index (χ3v) is 3.18. The molecule has 0 amide bonds. The second kappa shape index (κ2) is 8.14. The minimum atomic E-state index is -0.723. The molecule has 100 valence electrons. The van der Waals surface area contributed by atoms with Crippen LogP contribution < -0.4 is 4.74 Å². The summed E-state index contributed by atoms with van der Waals surface area (Å²) in [7, 11) is 0. The highest BCUT2D eigenvalue weighted by atomic mass is 79.9. The minimum absolute atomic E-state index is 0.249. The average molecular weight is 315 g/mol. The van der Waals surface area contributed by atoms with Crippen molar-refractivity contribution in [2.24, 2.45) is 0 Å². The first-order valence-corrected chi connectivity index (χ1v) is 7.05. The van der Waals surface area contributed by atoms with E-state index in [0.29, 0.717) is 0 Å². The Hall–Kier alpha value is -1.03. The maximum absolute atomic E-state index is 10.4. The molecule has 0 saturated heterocycles. The van der Waals surface area contributed by atoms with Gasteiger partial charge in [-0.1, -0.05) is 13.0 Å². The second-order valence-corrected chi connectivity index (χ2v) is 5.07. The molecule has 4 heteroatoms. The summed E-state index contributed by atoms with van der Waals surface area (Å²) in [6.07, 6.45) is 3.76. The topological polar surface area (TPSA) is 46.5 Å². The summed E-state index contributed by atoms with van der Waals surface area (Å²) >= 11 is 3.49. The molecule has 0 radical (unpaired) electrons. The molecule has 0 bridgehead atoms. The Morgan fingerprint density at radius 3 is 2.78 bits per heavy atom. The molecule has 18 heavy (non-hydrogen) atoms. The first-order valence-electron chi connectivity index (χ1n) is 6.26. The van der Waals surface area contributed by atoms with E-state index < -0.39 is 5.97 Å². The van der Waals surface area contributed by atoms with Gasteiger partial charge in [0.25, 0.3) is 0 Å². The normalized spacial score (nSPS) is 10.3. The second-order valence-electron chi connectivity index (χ2n) is 4.21. The number of carboxylic acid groups (broad SMARTS) is 1. The minimum Gasteiger partial charge on any atom is -0.492 e. The molecule has 0 fully saturated rings. The van der Waals surface area contributed by atoms with Crippen LogP contribution >= 0.6 is 15.9 Å². The number of hydrogen-bond donors (Lipinski definition) is 1. The molecule has 0 unspecified atom stereocenters. The lowest BCUT2D eigenvalue weighted by Gasteiger charge is -2.08. The summed E-state index contributed by atoms with van der Waals surface area (Å²) in [6, 6.07) is 6.05. The summed E-state index contributed by atoms with van der Waals surface area (Å²) in [4.78, 5) is 10.4. The monoisotopic (exact) mass is 314 g/mol. The van der Waals surface area contributed by atoms with Crippen molar-refractivity contribution < 1.29 is 14.6 Å². The van der Waals surface area contributed by atoms with Gasteiger partial charge in [-0.2, -0.15) is 0 Å². The van der Waals surface area contributed by atoms with Crippen LogP contribution in [0, 0.1) is 0 Å². The van der Waals surface area contributed by atoms with Crippen LogP contribution in [0.1, 0.15) is 38.2 Å². The van der Waals surface area contributed by atoms with Gasteiger partial charge >= 0.3 is 5.97 Å². The van der Waals surface area contributed by atoms with Crippen LogP contribution in [0.2, 0.25) is 0 Å². The van der Waals surface area contributed by atoms with Crippen molar-refractivity contribution in [1.29, 1.82) is 0 Å². The van der Waals surface area contributed by atoms with E-state index in [0.717, 1.165) is 42.5 Å². The largest absolute Gasteiger partial charge is 0.492 e. The fraction of sp³-hybridized carbons (Fsp3) is 0.500. The number of aryl methyl sites for hydroxylation is 1. The molecule has 0 saturated carbocycles. The van der Waals surface area contributed by atoms with Crippen LogP contribution in [-0.4, -0.2) is 17.7 Å². The Labute approximate surface area is 116 Å². The number of carbonyl (C=O) groups is 1. The quantitative estimate of drug-likeness (QED) is 0.737. The van der Waals surface area contributed by atoms with E-state index in [1.807, 2.05) is 18.2 Å². The fourth-order valence-corrected chi connectivity index (χ4v) is 2.17. The van der Waals surface area contributed by atoms with Crippen LogP contribution in [-0.2, 0) is 11.2 Å². The number of halogens is 1. The van der Waals surface area contributed by atoms with Gasteiger partial charge in [0.1, 0.15) is 5.75 Å². The Bertz CT molecular complexity index is 391. The molecular formula is C14H19BrO3. The van der Waals surface area contributed by atoms with Gasteiger partial charge in [0, 0.05) is 6.42 Å². The third-order valence-electron chi connectivity index (χ3n) is 2.56. The number of unbranched alkanes of at least 4 members (excludes halogenated alkanes) is 1. The molecule has 1 aromatic carbocycles. The molecule has 0 heterocycles. The highest BCUT2D eigenvalue weighted by Gasteiger charge is 2.03. The van der Waals surface area contributed by atoms with E-state index in [4.69, 9.17) is 9.84 Å². The van der Waals surface area contributed by atoms with Crippen molar-refractivity contribution in [3.63, 3.8) is 0 Å². The SMILES string of the molecule is CCCOc1ccc(CCCCC(=O)O)cc1Br. The molecule has 1 N–H and O–H groups in total. The summed E-state index contributed by atoms with van der Waals surface area (Å²) in [5.74, 6) is 0.144. The lowest BCUT2D eigenvalue weighted by Crippen LogP contribution is -1.97. The lowest BCUT2D eigenvalue weighted by atomic mass is 10.1. The standard InChI is InChI=1S/C14H19BrO3/c1-2-9-18-13-8-7-11(10-12(13)15)5-3-4-6-14(16)17/h7-8,10H,2-6,9H2,1H3,(H,16,17). The molecule has 1 rings (SSSR count). The molecule has 0 spiro atoms. The molecule has 0 atom stereocenters. The number of carboxylic acids is 1. The zero-order chi connectivity index (χ0) is 13.4. The van der Waals surface area contributed by atoms with E-state index in [-0.39, 0.29) is 6.42 Å². The van der Waals surface area contributed by atoms with Gasteiger partial charge in [-0.25, -0.2) is 0 Å². The van der Waals surface area contributed by atoms with Crippen molar-refractivity contribution in [2.45, 2.75) is 39.0 Å². The van der Waals surface area contributed by atoms with Crippen LogP contribution in [0.3, 0.4) is 0 Å². The van der Waals surface area contributed by atoms with E-state index in [9.17, 15) is 4.79 Å². The van der Waals surface area contributed by atoms with E-state index in [1.165, 1.54) is 5.56 Å². The summed E-state index contributed by atoms with van der Waals surface area (Å²) in [6.45, 7) is 2.79. The maximum atomic E-state index is 10.4. The van der Waals surface area contributed by atoms with Crippen LogP contribution in [0.15, 0.2) is 22.7 Å². The fourth-order valence-electron chi connectivity index (χ4n) is 1.63. The zero-order valence-corrected chi connectivity index (χ0v) is 12.2. The average Bonchev–Trinajstić information content (AvgIpc) is 2.33. The molecule has 0 aromatic heterocycles. The van der Waals surface area contributed by atoms with Crippen molar-refractivity contribution in [3.05, 3.63) is 28.2 Å². The predicted molar refractivity (Wildman–Crippen MR) is 75.1 cm³/mol. The summed E-state index contributed by atoms with van der Waals surface area (Å²) in [5.41, 5.74) is 1.20. The van der Waals surface area contributed by atoms with E-state index in [1.54, 1.807) is 0 Å². The molecule has 0 aliphatic rings. The van der Waals surface area contributed by atoms with Gasteiger partial charge in [-0.3, -0.25) is 4.79 Å². The van der Waals surface area contributed by atoms with Crippen molar-refractivity contribution in [2.75, 3.05) is 6.61 Å². The number of hydrogen-bond acceptors (Lipinski definition) is 2. The van der Waals surface area contributed by atoms with E-state index in [2.05, 4.69) is 22.9 Å². The van der Waals surface area contributed by atoms with E-state index >= 15 is 0 Å². The highest BCUT2D eigenvalue weighted by molar-refractivity contribution is 9.10. The Morgan fingerprint density at radius 1 is 1.39 bits per heavy atom. The van der Waals surface area contributed by atoms with Gasteiger partial charge < -0.3 is 9.84 Å². The molecule has 3 nitrogen and oxygen atoms in total. The zero-order valence-electron chi connectivity index (χ0n) is 10.6. The number of rotatable bonds is 8. The summed E-state index contributed by atoms with van der Waals surface area (Å²) < 4.78 is 6.54. The Morgan fingerprint density at radius 2 is 2.17 bits per heavy atom. The van der Waals surface area contributed by atoms with Crippen molar-refractivity contribution in [1.82, 2.24) is 0 Å². The smallest absolute Gasteiger partial charge is 0.303 e. The van der Waals surface area contributed by atoms with Crippen LogP contribution in [0.25, 0.3) is 0 Å². The Kier molecular flexibility index (Phi) is 6.80. The molecular weight excluding hydrogens is 296 g/mol. The maximum Gasteiger partial charge on any atom is 0.303 e.